The first-order valence-corrected chi connectivity index (χ1v) is 23.1. The Balaban J connectivity index is 3.10. The smallest absolute Gasteiger partial charge is 0.333 e. The Morgan fingerprint density at radius 3 is 1.91 bits per heavy atom. The van der Waals surface area contributed by atoms with Crippen LogP contribution in [0, 0.1) is 0 Å². The van der Waals surface area contributed by atoms with Gasteiger partial charge in [0.05, 0.1) is 12.3 Å². The van der Waals surface area contributed by atoms with E-state index in [1.54, 1.807) is 6.92 Å². The number of esters is 1. The number of benzene rings is 1. The summed E-state index contributed by atoms with van der Waals surface area (Å²) in [6.07, 6.45) is 0.781. The van der Waals surface area contributed by atoms with Crippen molar-refractivity contribution in [3.63, 3.8) is 0 Å². The molecule has 10 heteroatoms. The minimum absolute atomic E-state index is 0.124. The van der Waals surface area contributed by atoms with Crippen LogP contribution >= 0.6 is 0 Å². The van der Waals surface area contributed by atoms with E-state index in [0.717, 1.165) is 11.6 Å². The number of carbonyl (C=O) groups is 1. The zero-order valence-corrected chi connectivity index (χ0v) is 26.2. The van der Waals surface area contributed by atoms with Crippen molar-refractivity contribution in [1.82, 2.24) is 0 Å². The van der Waals surface area contributed by atoms with Crippen LogP contribution in [0.4, 0.5) is 0 Å². The van der Waals surface area contributed by atoms with Gasteiger partial charge < -0.3 is 21.8 Å². The second kappa shape index (κ2) is 12.2. The molecule has 33 heavy (non-hydrogen) atoms. The normalized spacial score (nSPS) is 15.6. The predicted molar refractivity (Wildman–Crippen MR) is 145 cm³/mol. The van der Waals surface area contributed by atoms with Crippen molar-refractivity contribution in [2.24, 2.45) is 0 Å². The number of carbonyl (C=O) groups excluding carboxylic acids is 1. The average molecular weight is 529 g/mol. The van der Waals surface area contributed by atoms with Crippen LogP contribution in [0.5, 0.6) is 0 Å². The number of ether oxygens (including phenoxy) is 2. The van der Waals surface area contributed by atoms with Gasteiger partial charge in [0.2, 0.25) is 8.32 Å². The van der Waals surface area contributed by atoms with Crippen LogP contribution in [0.3, 0.4) is 0 Å². The maximum atomic E-state index is 11.7. The van der Waals surface area contributed by atoms with E-state index >= 15 is 0 Å². The summed E-state index contributed by atoms with van der Waals surface area (Å²) in [6.45, 7) is 25.0. The van der Waals surface area contributed by atoms with Crippen LogP contribution in [0.25, 0.3) is 0 Å². The molecule has 0 amide bonds. The van der Waals surface area contributed by atoms with E-state index in [1.165, 1.54) is 0 Å². The molecule has 0 aromatic heterocycles. The second-order valence-electron chi connectivity index (χ2n) is 10.4. The molecule has 0 aliphatic heterocycles. The fourth-order valence-corrected chi connectivity index (χ4v) is 23.3. The first-order valence-electron chi connectivity index (χ1n) is 11.6. The van der Waals surface area contributed by atoms with Crippen LogP contribution in [0.2, 0.25) is 52.4 Å². The van der Waals surface area contributed by atoms with Crippen molar-refractivity contribution in [2.75, 3.05) is 13.2 Å². The van der Waals surface area contributed by atoms with Gasteiger partial charge in [0.25, 0.3) is 0 Å². The van der Waals surface area contributed by atoms with Gasteiger partial charge in [-0.2, -0.15) is 0 Å². The third kappa shape index (κ3) is 10.5. The quantitative estimate of drug-likeness (QED) is 0.143. The Hall–Kier alpha value is -0.862. The Morgan fingerprint density at radius 1 is 0.879 bits per heavy atom. The predicted octanol–water partition coefficient (Wildman–Crippen LogP) is 5.21. The van der Waals surface area contributed by atoms with Gasteiger partial charge in [0.1, 0.15) is 6.61 Å². The molecular weight excluding hydrogens is 485 g/mol. The molecule has 2 atom stereocenters. The Morgan fingerprint density at radius 2 is 1.42 bits per heavy atom. The summed E-state index contributed by atoms with van der Waals surface area (Å²) in [5.41, 5.74) is 0.257. The summed E-state index contributed by atoms with van der Waals surface area (Å²) in [4.78, 5) is 11.7. The van der Waals surface area contributed by atoms with Gasteiger partial charge in [-0.15, -0.1) is 0 Å². The van der Waals surface area contributed by atoms with Crippen LogP contribution in [0.15, 0.2) is 42.5 Å². The van der Waals surface area contributed by atoms with Crippen molar-refractivity contribution in [3.8, 4) is 0 Å². The van der Waals surface area contributed by atoms with Crippen LogP contribution in [0.1, 0.15) is 20.3 Å². The average Bonchev–Trinajstić information content (AvgIpc) is 2.64. The highest BCUT2D eigenvalue weighted by Gasteiger charge is 2.48. The zero-order chi connectivity index (χ0) is 25.5. The largest absolute Gasteiger partial charge is 0.460 e. The summed E-state index contributed by atoms with van der Waals surface area (Å²) < 4.78 is 31.6. The first-order chi connectivity index (χ1) is 15.0. The molecule has 188 valence electrons. The van der Waals surface area contributed by atoms with E-state index in [1.807, 2.05) is 18.2 Å². The van der Waals surface area contributed by atoms with Crippen molar-refractivity contribution >= 4 is 44.9 Å². The molecule has 0 saturated carbocycles. The molecule has 1 rings (SSSR count). The minimum Gasteiger partial charge on any atom is -0.460 e. The molecule has 0 heterocycles. The van der Waals surface area contributed by atoms with Gasteiger partial charge in [-0.25, -0.2) is 4.79 Å². The second-order valence-corrected chi connectivity index (χ2v) is 26.1. The van der Waals surface area contributed by atoms with E-state index in [-0.39, 0.29) is 12.3 Å². The van der Waals surface area contributed by atoms with Crippen molar-refractivity contribution in [1.29, 1.82) is 0 Å². The fraction of sp³-hybridized carbons (Fsp3) is 0.609. The summed E-state index contributed by atoms with van der Waals surface area (Å²) in [6, 6.07) is 10.3. The topological polar surface area (TPSA) is 63.2 Å². The minimum atomic E-state index is -2.61. The van der Waals surface area contributed by atoms with Gasteiger partial charge >= 0.3 is 23.1 Å². The molecule has 0 N–H and O–H groups in total. The SMILES string of the molecule is C=C(C)C(=O)OCCOC(CC)[Si](C)(O[Si](C)(C)O[Si](C)(C)O[Si](C)(C)C)c1ccccc1. The molecule has 1 aromatic carbocycles. The third-order valence-corrected chi connectivity index (χ3v) is 20.1. The van der Waals surface area contributed by atoms with Crippen LogP contribution in [-0.4, -0.2) is 58.7 Å². The van der Waals surface area contributed by atoms with Crippen molar-refractivity contribution < 1.29 is 26.6 Å². The Labute approximate surface area is 205 Å². The molecule has 0 aliphatic carbocycles. The molecule has 0 radical (unpaired) electrons. The Bertz CT molecular complexity index is 779. The zero-order valence-electron chi connectivity index (χ0n) is 22.2. The first kappa shape index (κ1) is 30.2. The van der Waals surface area contributed by atoms with Crippen LogP contribution in [-0.2, 0) is 26.6 Å². The molecule has 0 spiro atoms. The highest BCUT2D eigenvalue weighted by molar-refractivity contribution is 6.94. The summed E-state index contributed by atoms with van der Waals surface area (Å²) >= 11 is 0. The van der Waals surface area contributed by atoms with Gasteiger partial charge in [-0.3, -0.25) is 0 Å². The lowest BCUT2D eigenvalue weighted by atomic mass is 10.4. The van der Waals surface area contributed by atoms with Gasteiger partial charge in [-0.05, 0) is 70.9 Å². The van der Waals surface area contributed by atoms with E-state index < -0.39 is 39.7 Å². The number of rotatable bonds is 14. The highest BCUT2D eigenvalue weighted by atomic mass is 28.5. The van der Waals surface area contributed by atoms with E-state index in [4.69, 9.17) is 21.8 Å². The molecule has 0 aliphatic rings. The Kier molecular flexibility index (Phi) is 11.2. The van der Waals surface area contributed by atoms with Gasteiger partial charge in [0, 0.05) is 5.57 Å². The maximum Gasteiger partial charge on any atom is 0.333 e. The van der Waals surface area contributed by atoms with E-state index in [9.17, 15) is 4.79 Å². The lowest BCUT2D eigenvalue weighted by Crippen LogP contribution is -2.65. The van der Waals surface area contributed by atoms with Gasteiger partial charge in [-0.1, -0.05) is 43.8 Å². The van der Waals surface area contributed by atoms with E-state index in [0.29, 0.717) is 12.2 Å². The molecular formula is C23H44O6Si4. The van der Waals surface area contributed by atoms with Crippen LogP contribution < -0.4 is 5.19 Å². The lowest BCUT2D eigenvalue weighted by molar-refractivity contribution is -0.140. The summed E-state index contributed by atoms with van der Waals surface area (Å²) in [5.74, 6) is -0.400. The summed E-state index contributed by atoms with van der Waals surface area (Å²) in [7, 11) is -9.29. The number of hydrogen-bond acceptors (Lipinski definition) is 6. The van der Waals surface area contributed by atoms with E-state index in [2.05, 4.69) is 78.0 Å². The molecule has 6 nitrogen and oxygen atoms in total. The van der Waals surface area contributed by atoms with Crippen molar-refractivity contribution in [2.45, 2.75) is 78.4 Å². The molecule has 2 unspecified atom stereocenters. The monoisotopic (exact) mass is 528 g/mol. The third-order valence-electron chi connectivity index (χ3n) is 4.82. The molecule has 0 bridgehead atoms. The standard InChI is InChI=1S/C23H44O6Si4/c1-12-22(25-18-19-26-23(24)20(2)3)33(11,21-16-14-13-15-17-21)29-32(9,10)28-31(7,8)27-30(4,5)6/h13-17,22H,2,12,18-19H2,1,3-11H3. The summed E-state index contributed by atoms with van der Waals surface area (Å²) in [5, 5.41) is 1.16. The molecule has 1 aromatic rings. The van der Waals surface area contributed by atoms with Crippen molar-refractivity contribution in [3.05, 3.63) is 42.5 Å². The van der Waals surface area contributed by atoms with Gasteiger partial charge in [0.15, 0.2) is 8.32 Å². The molecule has 0 saturated heterocycles. The maximum absolute atomic E-state index is 11.7. The lowest BCUT2D eigenvalue weighted by Gasteiger charge is -2.44. The fourth-order valence-electron chi connectivity index (χ4n) is 4.08. The molecule has 0 fully saturated rings. The number of hydrogen-bond donors (Lipinski definition) is 0. The highest BCUT2D eigenvalue weighted by Crippen LogP contribution is 2.27.